The maximum Gasteiger partial charge on any atom is 0.0934 e. The molecule has 1 aromatic heterocycles. The summed E-state index contributed by atoms with van der Waals surface area (Å²) in [5, 5.41) is 0. The first kappa shape index (κ1) is 8.34. The molecule has 0 radical (unpaired) electrons. The van der Waals surface area contributed by atoms with Crippen LogP contribution in [0.15, 0.2) is 23.0 Å². The molecule has 0 fully saturated rings. The van der Waals surface area contributed by atoms with Gasteiger partial charge in [0.25, 0.3) is 0 Å². The van der Waals surface area contributed by atoms with Gasteiger partial charge in [0, 0.05) is 6.04 Å². The lowest BCUT2D eigenvalue weighted by Gasteiger charge is -2.13. The van der Waals surface area contributed by atoms with Crippen LogP contribution in [0.5, 0.6) is 0 Å². The van der Waals surface area contributed by atoms with Crippen LogP contribution in [0.1, 0.15) is 19.4 Å². The van der Waals surface area contributed by atoms with E-state index < -0.39 is 0 Å². The van der Waals surface area contributed by atoms with Gasteiger partial charge in [-0.05, 0) is 30.9 Å². The smallest absolute Gasteiger partial charge is 0.0934 e. The number of furan rings is 1. The van der Waals surface area contributed by atoms with E-state index in [-0.39, 0.29) is 6.04 Å². The second-order valence-electron chi connectivity index (χ2n) is 3.17. The number of rotatable bonds is 3. The summed E-state index contributed by atoms with van der Waals surface area (Å²) >= 11 is 0. The summed E-state index contributed by atoms with van der Waals surface area (Å²) in [5.41, 5.74) is 6.95. The third kappa shape index (κ3) is 2.39. The lowest BCUT2D eigenvalue weighted by Crippen LogP contribution is -2.25. The number of hydrogen-bond acceptors (Lipinski definition) is 2. The van der Waals surface area contributed by atoms with Gasteiger partial charge in [0.2, 0.25) is 0 Å². The third-order valence-electron chi connectivity index (χ3n) is 2.04. The molecule has 1 aromatic rings. The third-order valence-corrected chi connectivity index (χ3v) is 2.04. The van der Waals surface area contributed by atoms with Crippen molar-refractivity contribution >= 4 is 0 Å². The normalized spacial score (nSPS) is 16.3. The molecule has 0 aromatic carbocycles. The summed E-state index contributed by atoms with van der Waals surface area (Å²) in [6.45, 7) is 4.18. The molecule has 11 heavy (non-hydrogen) atoms. The molecule has 0 aliphatic heterocycles. The standard InChI is InChI=1S/C9H15NO/c1-7(8(2)10)5-9-3-4-11-6-9/h3-4,6-8H,5,10H2,1-2H3. The summed E-state index contributed by atoms with van der Waals surface area (Å²) in [5.74, 6) is 0.521. The summed E-state index contributed by atoms with van der Waals surface area (Å²) in [7, 11) is 0. The Kier molecular flexibility index (Phi) is 2.71. The predicted molar refractivity (Wildman–Crippen MR) is 45.2 cm³/mol. The van der Waals surface area contributed by atoms with Gasteiger partial charge in [-0.3, -0.25) is 0 Å². The van der Waals surface area contributed by atoms with Gasteiger partial charge in [-0.25, -0.2) is 0 Å². The van der Waals surface area contributed by atoms with E-state index in [4.69, 9.17) is 10.2 Å². The van der Waals surface area contributed by atoms with Crippen LogP contribution >= 0.6 is 0 Å². The van der Waals surface area contributed by atoms with Crippen LogP contribution in [-0.2, 0) is 6.42 Å². The Morgan fingerprint density at radius 1 is 1.55 bits per heavy atom. The second-order valence-corrected chi connectivity index (χ2v) is 3.17. The van der Waals surface area contributed by atoms with E-state index in [1.807, 2.05) is 13.0 Å². The zero-order valence-electron chi connectivity index (χ0n) is 7.08. The molecule has 0 saturated heterocycles. The lowest BCUT2D eigenvalue weighted by molar-refractivity contribution is 0.477. The Morgan fingerprint density at radius 3 is 2.73 bits per heavy atom. The minimum atomic E-state index is 0.255. The molecular weight excluding hydrogens is 138 g/mol. The maximum absolute atomic E-state index is 5.72. The zero-order chi connectivity index (χ0) is 8.27. The minimum absolute atomic E-state index is 0.255. The van der Waals surface area contributed by atoms with Gasteiger partial charge < -0.3 is 10.2 Å². The molecule has 1 heterocycles. The fourth-order valence-electron chi connectivity index (χ4n) is 0.966. The molecule has 0 saturated carbocycles. The molecule has 2 atom stereocenters. The van der Waals surface area contributed by atoms with Crippen LogP contribution in [0.3, 0.4) is 0 Å². The Morgan fingerprint density at radius 2 is 2.27 bits per heavy atom. The second kappa shape index (κ2) is 3.58. The molecule has 1 rings (SSSR count). The molecule has 2 heteroatoms. The first-order valence-corrected chi connectivity index (χ1v) is 3.97. The quantitative estimate of drug-likeness (QED) is 0.719. The minimum Gasteiger partial charge on any atom is -0.472 e. The molecule has 0 amide bonds. The molecule has 0 aliphatic rings. The maximum atomic E-state index is 5.72. The molecule has 0 spiro atoms. The summed E-state index contributed by atoms with van der Waals surface area (Å²) in [6.07, 6.45) is 4.48. The van der Waals surface area contributed by atoms with Gasteiger partial charge in [0.15, 0.2) is 0 Å². The highest BCUT2D eigenvalue weighted by molar-refractivity contribution is 5.06. The summed E-state index contributed by atoms with van der Waals surface area (Å²) < 4.78 is 4.95. The van der Waals surface area contributed by atoms with Crippen LogP contribution in [0.25, 0.3) is 0 Å². The molecular formula is C9H15NO. The topological polar surface area (TPSA) is 39.2 Å². The zero-order valence-corrected chi connectivity index (χ0v) is 7.08. The highest BCUT2D eigenvalue weighted by Crippen LogP contribution is 2.10. The SMILES string of the molecule is CC(N)C(C)Cc1ccoc1. The van der Waals surface area contributed by atoms with E-state index in [9.17, 15) is 0 Å². The summed E-state index contributed by atoms with van der Waals surface area (Å²) in [4.78, 5) is 0. The van der Waals surface area contributed by atoms with Crippen molar-refractivity contribution in [1.29, 1.82) is 0 Å². The van der Waals surface area contributed by atoms with Crippen LogP contribution in [-0.4, -0.2) is 6.04 Å². The fourth-order valence-corrected chi connectivity index (χ4v) is 0.966. The van der Waals surface area contributed by atoms with Gasteiger partial charge in [0.1, 0.15) is 0 Å². The van der Waals surface area contributed by atoms with Crippen molar-refractivity contribution in [3.8, 4) is 0 Å². The largest absolute Gasteiger partial charge is 0.472 e. The number of hydrogen-bond donors (Lipinski definition) is 1. The Hall–Kier alpha value is -0.760. The van der Waals surface area contributed by atoms with Gasteiger partial charge in [0.05, 0.1) is 12.5 Å². The van der Waals surface area contributed by atoms with Crippen molar-refractivity contribution in [2.75, 3.05) is 0 Å². The number of nitrogens with two attached hydrogens (primary N) is 1. The Balaban J connectivity index is 2.43. The first-order chi connectivity index (χ1) is 5.20. The van der Waals surface area contributed by atoms with Crippen molar-refractivity contribution < 1.29 is 4.42 Å². The van der Waals surface area contributed by atoms with Crippen LogP contribution in [0.2, 0.25) is 0 Å². The predicted octanol–water partition coefficient (Wildman–Crippen LogP) is 1.81. The van der Waals surface area contributed by atoms with Crippen molar-refractivity contribution in [2.45, 2.75) is 26.3 Å². The van der Waals surface area contributed by atoms with Crippen molar-refractivity contribution in [1.82, 2.24) is 0 Å². The van der Waals surface area contributed by atoms with Crippen molar-refractivity contribution in [3.05, 3.63) is 24.2 Å². The first-order valence-electron chi connectivity index (χ1n) is 3.97. The van der Waals surface area contributed by atoms with E-state index in [0.29, 0.717) is 5.92 Å². The lowest BCUT2D eigenvalue weighted by atomic mass is 9.97. The van der Waals surface area contributed by atoms with E-state index in [0.717, 1.165) is 6.42 Å². The highest BCUT2D eigenvalue weighted by atomic mass is 16.3. The van der Waals surface area contributed by atoms with Gasteiger partial charge >= 0.3 is 0 Å². The molecule has 2 N–H and O–H groups in total. The fraction of sp³-hybridized carbons (Fsp3) is 0.556. The van der Waals surface area contributed by atoms with E-state index >= 15 is 0 Å². The van der Waals surface area contributed by atoms with Crippen molar-refractivity contribution in [3.63, 3.8) is 0 Å². The molecule has 0 bridgehead atoms. The monoisotopic (exact) mass is 153 g/mol. The van der Waals surface area contributed by atoms with Gasteiger partial charge in [-0.2, -0.15) is 0 Å². The van der Waals surface area contributed by atoms with Crippen LogP contribution in [0, 0.1) is 5.92 Å². The average molecular weight is 153 g/mol. The summed E-state index contributed by atoms with van der Waals surface area (Å²) in [6, 6.07) is 2.24. The molecule has 2 nitrogen and oxygen atoms in total. The van der Waals surface area contributed by atoms with Crippen LogP contribution in [0.4, 0.5) is 0 Å². The average Bonchev–Trinajstić information content (AvgIpc) is 2.39. The van der Waals surface area contributed by atoms with Gasteiger partial charge in [-0.1, -0.05) is 6.92 Å². The van der Waals surface area contributed by atoms with E-state index in [1.165, 1.54) is 5.56 Å². The molecule has 62 valence electrons. The Bertz CT molecular complexity index is 191. The molecule has 0 aliphatic carbocycles. The molecule has 2 unspecified atom stereocenters. The van der Waals surface area contributed by atoms with E-state index in [2.05, 4.69) is 6.92 Å². The van der Waals surface area contributed by atoms with Crippen molar-refractivity contribution in [2.24, 2.45) is 11.7 Å². The Labute approximate surface area is 67.4 Å². The van der Waals surface area contributed by atoms with E-state index in [1.54, 1.807) is 12.5 Å². The highest BCUT2D eigenvalue weighted by Gasteiger charge is 2.08. The van der Waals surface area contributed by atoms with Gasteiger partial charge in [-0.15, -0.1) is 0 Å². The van der Waals surface area contributed by atoms with Crippen LogP contribution < -0.4 is 5.73 Å².